The molecule has 3 aromatic rings. The molecule has 42 heavy (non-hydrogen) atoms. The van der Waals surface area contributed by atoms with Crippen molar-refractivity contribution in [2.75, 3.05) is 19.7 Å². The number of aryl methyl sites for hydroxylation is 2. The van der Waals surface area contributed by atoms with E-state index in [2.05, 4.69) is 47.1 Å². The Morgan fingerprint density at radius 2 is 1.83 bits per heavy atom. The summed E-state index contributed by atoms with van der Waals surface area (Å²) in [6.07, 6.45) is 3.47. The summed E-state index contributed by atoms with van der Waals surface area (Å²) in [5.41, 5.74) is 4.37. The van der Waals surface area contributed by atoms with E-state index in [1.807, 2.05) is 6.92 Å². The van der Waals surface area contributed by atoms with Crippen LogP contribution in [0, 0.1) is 12.7 Å². The Bertz CT molecular complexity index is 1440. The molecule has 4 N–H and O–H groups in total. The molecule has 2 aliphatic rings. The van der Waals surface area contributed by atoms with Gasteiger partial charge in [-0.2, -0.15) is 0 Å². The molecule has 1 aliphatic carbocycles. The largest absolute Gasteiger partial charge is 0.493 e. The molecule has 0 aromatic heterocycles. The summed E-state index contributed by atoms with van der Waals surface area (Å²) in [5, 5.41) is 20.9. The van der Waals surface area contributed by atoms with Gasteiger partial charge in [0.15, 0.2) is 0 Å². The van der Waals surface area contributed by atoms with E-state index in [1.165, 1.54) is 23.3 Å². The highest BCUT2D eigenvalue weighted by molar-refractivity contribution is 6.00. The van der Waals surface area contributed by atoms with Crippen LogP contribution in [0.25, 0.3) is 0 Å². The number of rotatable bonds is 6. The topological polar surface area (TPSA) is 99.7 Å². The number of fused-ring (bicyclic) bond motifs is 4. The first-order valence-corrected chi connectivity index (χ1v) is 14.9. The maximum Gasteiger partial charge on any atom is 0.251 e. The van der Waals surface area contributed by atoms with Crippen molar-refractivity contribution in [2.45, 2.75) is 70.1 Å². The second-order valence-electron chi connectivity index (χ2n) is 11.6. The fraction of sp³-hybridized carbons (Fsp3) is 0.412. The lowest BCUT2D eigenvalue weighted by Crippen LogP contribution is -2.50. The number of carbonyl (C=O) groups is 2. The van der Waals surface area contributed by atoms with E-state index in [0.29, 0.717) is 48.4 Å². The van der Waals surface area contributed by atoms with Gasteiger partial charge in [-0.1, -0.05) is 31.2 Å². The SMILES string of the molecule is CCc1cccc(C2(NCC(O)C3Cc4cc(F)cc(c4)OCCCCNC(=O)c4cc(C)cc(c4)C(=O)N3)CC2)c1. The van der Waals surface area contributed by atoms with Crippen LogP contribution in [0.3, 0.4) is 0 Å². The first-order valence-electron chi connectivity index (χ1n) is 14.9. The van der Waals surface area contributed by atoms with Crippen LogP contribution in [-0.4, -0.2) is 48.8 Å². The molecule has 0 saturated heterocycles. The average Bonchev–Trinajstić information content (AvgIpc) is 3.77. The normalized spacial score (nSPS) is 19.6. The van der Waals surface area contributed by atoms with Crippen molar-refractivity contribution < 1.29 is 23.8 Å². The summed E-state index contributed by atoms with van der Waals surface area (Å²) in [5.74, 6) is -0.715. The van der Waals surface area contributed by atoms with Crippen LogP contribution in [0.4, 0.5) is 4.39 Å². The number of benzene rings is 3. The molecule has 7 nitrogen and oxygen atoms in total. The number of ether oxygens (including phenoxy) is 1. The Kier molecular flexibility index (Phi) is 9.24. The van der Waals surface area contributed by atoms with Crippen LogP contribution >= 0.6 is 0 Å². The van der Waals surface area contributed by atoms with Crippen LogP contribution in [-0.2, 0) is 18.4 Å². The van der Waals surface area contributed by atoms with E-state index in [9.17, 15) is 19.1 Å². The summed E-state index contributed by atoms with van der Waals surface area (Å²) < 4.78 is 20.4. The van der Waals surface area contributed by atoms with Gasteiger partial charge in [-0.05, 0) is 98.0 Å². The fourth-order valence-corrected chi connectivity index (χ4v) is 5.60. The molecule has 1 saturated carbocycles. The Morgan fingerprint density at radius 1 is 1.05 bits per heavy atom. The zero-order valence-corrected chi connectivity index (χ0v) is 24.3. The molecular formula is C34H40FN3O4. The molecule has 1 heterocycles. The van der Waals surface area contributed by atoms with Gasteiger partial charge in [0, 0.05) is 35.8 Å². The van der Waals surface area contributed by atoms with Gasteiger partial charge in [0.25, 0.3) is 11.8 Å². The molecule has 4 bridgehead atoms. The minimum atomic E-state index is -0.969. The molecule has 222 valence electrons. The molecule has 1 fully saturated rings. The van der Waals surface area contributed by atoms with E-state index >= 15 is 0 Å². The van der Waals surface area contributed by atoms with Crippen molar-refractivity contribution in [3.63, 3.8) is 0 Å². The lowest BCUT2D eigenvalue weighted by molar-refractivity contribution is 0.0822. The summed E-state index contributed by atoms with van der Waals surface area (Å²) >= 11 is 0. The zero-order chi connectivity index (χ0) is 29.7. The molecule has 2 amide bonds. The van der Waals surface area contributed by atoms with Gasteiger partial charge >= 0.3 is 0 Å². The number of nitrogens with one attached hydrogen (secondary N) is 3. The van der Waals surface area contributed by atoms with E-state index < -0.39 is 23.9 Å². The molecule has 1 aliphatic heterocycles. The highest BCUT2D eigenvalue weighted by Crippen LogP contribution is 2.45. The van der Waals surface area contributed by atoms with Crippen molar-refractivity contribution in [1.29, 1.82) is 0 Å². The third-order valence-electron chi connectivity index (χ3n) is 8.18. The van der Waals surface area contributed by atoms with E-state index in [-0.39, 0.29) is 24.4 Å². The Morgan fingerprint density at radius 3 is 2.60 bits per heavy atom. The van der Waals surface area contributed by atoms with Gasteiger partial charge in [0.05, 0.1) is 18.8 Å². The molecule has 2 atom stereocenters. The van der Waals surface area contributed by atoms with Gasteiger partial charge < -0.3 is 25.8 Å². The predicted molar refractivity (Wildman–Crippen MR) is 160 cm³/mol. The minimum Gasteiger partial charge on any atom is -0.493 e. The van der Waals surface area contributed by atoms with Gasteiger partial charge in [0.1, 0.15) is 11.6 Å². The quantitative estimate of drug-likeness (QED) is 0.346. The second kappa shape index (κ2) is 13.0. The third kappa shape index (κ3) is 7.36. The zero-order valence-electron chi connectivity index (χ0n) is 24.3. The highest BCUT2D eigenvalue weighted by atomic mass is 19.1. The molecule has 2 unspecified atom stereocenters. The molecule has 0 spiro atoms. The smallest absolute Gasteiger partial charge is 0.251 e. The van der Waals surface area contributed by atoms with Crippen LogP contribution in [0.2, 0.25) is 0 Å². The van der Waals surface area contributed by atoms with Gasteiger partial charge in [-0.15, -0.1) is 0 Å². The first kappa shape index (κ1) is 29.7. The number of amides is 2. The van der Waals surface area contributed by atoms with Gasteiger partial charge in [-0.3, -0.25) is 9.59 Å². The highest BCUT2D eigenvalue weighted by Gasteiger charge is 2.44. The number of aliphatic hydroxyl groups is 1. The molecule has 3 aromatic carbocycles. The number of halogens is 1. The van der Waals surface area contributed by atoms with Crippen molar-refractivity contribution in [1.82, 2.24) is 16.0 Å². The second-order valence-corrected chi connectivity index (χ2v) is 11.6. The standard InChI is InChI=1S/C34H40FN3O4/c1-3-23-7-6-8-27(15-23)34(9-10-34)37-21-31(39)30-18-24-16-28(35)20-29(17-24)42-12-5-4-11-36-32(40)25-13-22(2)14-26(19-25)33(41)38-30/h6-8,13-17,19-20,30-31,37,39H,3-5,9-12,18,21H2,1-2H3,(H,36,40)(H,38,41). The van der Waals surface area contributed by atoms with Crippen LogP contribution < -0.4 is 20.7 Å². The van der Waals surface area contributed by atoms with Crippen LogP contribution in [0.15, 0.2) is 60.7 Å². The number of aliphatic hydroxyl groups excluding tert-OH is 1. The summed E-state index contributed by atoms with van der Waals surface area (Å²) in [6.45, 7) is 5.03. The maximum atomic E-state index is 14.6. The number of hydrogen-bond donors (Lipinski definition) is 4. The van der Waals surface area contributed by atoms with Crippen molar-refractivity contribution in [2.24, 2.45) is 0 Å². The van der Waals surface area contributed by atoms with Crippen LogP contribution in [0.5, 0.6) is 5.75 Å². The van der Waals surface area contributed by atoms with Crippen molar-refractivity contribution >= 4 is 11.8 Å². The van der Waals surface area contributed by atoms with Crippen LogP contribution in [0.1, 0.15) is 75.6 Å². The molecule has 5 rings (SSSR count). The van der Waals surface area contributed by atoms with Gasteiger partial charge in [0.2, 0.25) is 0 Å². The lowest BCUT2D eigenvalue weighted by atomic mass is 9.97. The number of carbonyl (C=O) groups excluding carboxylic acids is 2. The molecular weight excluding hydrogens is 533 g/mol. The third-order valence-corrected chi connectivity index (χ3v) is 8.18. The Hall–Kier alpha value is -3.75. The Labute approximate surface area is 246 Å². The Balaban J connectivity index is 1.41. The van der Waals surface area contributed by atoms with E-state index in [0.717, 1.165) is 24.8 Å². The number of hydrogen-bond acceptors (Lipinski definition) is 5. The minimum absolute atomic E-state index is 0.195. The van der Waals surface area contributed by atoms with Crippen molar-refractivity contribution in [3.8, 4) is 5.75 Å². The fourth-order valence-electron chi connectivity index (χ4n) is 5.60. The van der Waals surface area contributed by atoms with E-state index in [4.69, 9.17) is 4.74 Å². The van der Waals surface area contributed by atoms with Gasteiger partial charge in [-0.25, -0.2) is 4.39 Å². The average molecular weight is 574 g/mol. The predicted octanol–water partition coefficient (Wildman–Crippen LogP) is 4.58. The van der Waals surface area contributed by atoms with Crippen molar-refractivity contribution in [3.05, 3.63) is 99.9 Å². The lowest BCUT2D eigenvalue weighted by Gasteiger charge is -2.28. The molecule has 0 radical (unpaired) electrons. The van der Waals surface area contributed by atoms with E-state index in [1.54, 1.807) is 24.3 Å². The molecule has 8 heteroatoms. The first-order chi connectivity index (χ1) is 20.2. The summed E-state index contributed by atoms with van der Waals surface area (Å²) in [4.78, 5) is 26.3. The monoisotopic (exact) mass is 573 g/mol. The maximum absolute atomic E-state index is 14.6. The summed E-state index contributed by atoms with van der Waals surface area (Å²) in [7, 11) is 0. The summed E-state index contributed by atoms with van der Waals surface area (Å²) in [6, 6.07) is 17.3.